The van der Waals surface area contributed by atoms with Gasteiger partial charge in [0.1, 0.15) is 0 Å². The minimum atomic E-state index is -0.354. The van der Waals surface area contributed by atoms with Crippen LogP contribution in [0.1, 0.15) is 12.8 Å². The molecule has 11 heavy (non-hydrogen) atoms. The summed E-state index contributed by atoms with van der Waals surface area (Å²) in [5, 5.41) is 0. The Hall–Kier alpha value is 0.390. The fourth-order valence-electron chi connectivity index (χ4n) is 1.04. The smallest absolute Gasteiger partial charge is 0.180 e. The summed E-state index contributed by atoms with van der Waals surface area (Å²) in [6, 6.07) is 0. The lowest BCUT2D eigenvalue weighted by atomic mass is 10.2. The molecule has 0 bridgehead atoms. The maximum absolute atomic E-state index is 5.60. The number of rotatable bonds is 2. The molecule has 1 aliphatic heterocycles. The summed E-state index contributed by atoms with van der Waals surface area (Å²) in [5.41, 5.74) is 0. The molecule has 0 aromatic rings. The minimum Gasteiger partial charge on any atom is -0.352 e. The van der Waals surface area contributed by atoms with Crippen molar-refractivity contribution in [3.05, 3.63) is 12.2 Å². The molecule has 1 rings (SSSR count). The standard InChI is InChI=1S/C8H13IO2/c1-10-8(7-9)5-3-2-4-6-11-8/h2-3H,4-7H2,1H3. The van der Waals surface area contributed by atoms with Crippen LogP contribution in [0.3, 0.4) is 0 Å². The largest absolute Gasteiger partial charge is 0.352 e. The van der Waals surface area contributed by atoms with Crippen LogP contribution in [-0.2, 0) is 9.47 Å². The zero-order valence-electron chi connectivity index (χ0n) is 6.68. The van der Waals surface area contributed by atoms with E-state index < -0.39 is 0 Å². The molecule has 64 valence electrons. The van der Waals surface area contributed by atoms with E-state index >= 15 is 0 Å². The summed E-state index contributed by atoms with van der Waals surface area (Å²) in [5.74, 6) is -0.354. The molecule has 2 nitrogen and oxygen atoms in total. The van der Waals surface area contributed by atoms with Gasteiger partial charge in [0, 0.05) is 13.5 Å². The van der Waals surface area contributed by atoms with E-state index in [0.717, 1.165) is 23.9 Å². The SMILES string of the molecule is COC1(CI)CC=CCCO1. The highest BCUT2D eigenvalue weighted by Crippen LogP contribution is 2.23. The van der Waals surface area contributed by atoms with Crippen LogP contribution in [0.2, 0.25) is 0 Å². The minimum absolute atomic E-state index is 0.354. The molecule has 0 aliphatic carbocycles. The van der Waals surface area contributed by atoms with Gasteiger partial charge in [-0.25, -0.2) is 0 Å². The number of hydrogen-bond donors (Lipinski definition) is 0. The molecule has 0 aromatic heterocycles. The Labute approximate surface area is 81.1 Å². The van der Waals surface area contributed by atoms with Gasteiger partial charge in [0.05, 0.1) is 11.0 Å². The van der Waals surface area contributed by atoms with E-state index in [1.807, 2.05) is 0 Å². The van der Waals surface area contributed by atoms with Crippen LogP contribution in [0, 0.1) is 0 Å². The van der Waals surface area contributed by atoms with Crippen molar-refractivity contribution in [3.8, 4) is 0 Å². The van der Waals surface area contributed by atoms with Crippen molar-refractivity contribution in [3.63, 3.8) is 0 Å². The fraction of sp³-hybridized carbons (Fsp3) is 0.750. The van der Waals surface area contributed by atoms with Crippen molar-refractivity contribution in [2.45, 2.75) is 18.6 Å². The average molecular weight is 268 g/mol. The summed E-state index contributed by atoms with van der Waals surface area (Å²) in [6.07, 6.45) is 6.15. The van der Waals surface area contributed by atoms with Gasteiger partial charge < -0.3 is 9.47 Å². The molecule has 1 atom stereocenters. The van der Waals surface area contributed by atoms with Crippen LogP contribution in [0.5, 0.6) is 0 Å². The number of alkyl halides is 1. The second-order valence-electron chi connectivity index (χ2n) is 2.56. The van der Waals surface area contributed by atoms with Crippen LogP contribution in [0.4, 0.5) is 0 Å². The summed E-state index contributed by atoms with van der Waals surface area (Å²) in [4.78, 5) is 0. The van der Waals surface area contributed by atoms with E-state index in [1.165, 1.54) is 0 Å². The van der Waals surface area contributed by atoms with Crippen molar-refractivity contribution in [1.82, 2.24) is 0 Å². The molecular formula is C8H13IO2. The first-order valence-electron chi connectivity index (χ1n) is 3.73. The van der Waals surface area contributed by atoms with Gasteiger partial charge in [-0.15, -0.1) is 0 Å². The van der Waals surface area contributed by atoms with E-state index in [4.69, 9.17) is 9.47 Å². The lowest BCUT2D eigenvalue weighted by Crippen LogP contribution is -2.35. The molecule has 3 heteroatoms. The normalized spacial score (nSPS) is 31.8. The molecule has 0 spiro atoms. The zero-order chi connectivity index (χ0) is 8.16. The van der Waals surface area contributed by atoms with Crippen LogP contribution < -0.4 is 0 Å². The maximum atomic E-state index is 5.60. The van der Waals surface area contributed by atoms with Gasteiger partial charge in [-0.1, -0.05) is 34.7 Å². The summed E-state index contributed by atoms with van der Waals surface area (Å²) in [6.45, 7) is 0.771. The molecule has 0 saturated carbocycles. The van der Waals surface area contributed by atoms with Crippen LogP contribution >= 0.6 is 22.6 Å². The molecule has 1 aliphatic rings. The molecule has 1 heterocycles. The Kier molecular flexibility index (Phi) is 3.81. The first-order chi connectivity index (χ1) is 5.33. The molecule has 0 N–H and O–H groups in total. The van der Waals surface area contributed by atoms with Crippen LogP contribution in [-0.4, -0.2) is 23.9 Å². The lowest BCUT2D eigenvalue weighted by molar-refractivity contribution is -0.199. The predicted molar refractivity (Wildman–Crippen MR) is 53.0 cm³/mol. The van der Waals surface area contributed by atoms with Crippen LogP contribution in [0.25, 0.3) is 0 Å². The lowest BCUT2D eigenvalue weighted by Gasteiger charge is -2.28. The molecule has 0 radical (unpaired) electrons. The average Bonchev–Trinajstić information content (AvgIpc) is 2.30. The summed E-state index contributed by atoms with van der Waals surface area (Å²) >= 11 is 2.29. The van der Waals surface area contributed by atoms with Crippen molar-refractivity contribution in [2.24, 2.45) is 0 Å². The van der Waals surface area contributed by atoms with Gasteiger partial charge in [-0.3, -0.25) is 0 Å². The van der Waals surface area contributed by atoms with E-state index in [9.17, 15) is 0 Å². The Morgan fingerprint density at radius 1 is 1.64 bits per heavy atom. The Bertz CT molecular complexity index is 141. The third-order valence-corrected chi connectivity index (χ3v) is 2.98. The summed E-state index contributed by atoms with van der Waals surface area (Å²) in [7, 11) is 1.71. The highest BCUT2D eigenvalue weighted by Gasteiger charge is 2.28. The highest BCUT2D eigenvalue weighted by atomic mass is 127. The van der Waals surface area contributed by atoms with Crippen molar-refractivity contribution < 1.29 is 9.47 Å². The van der Waals surface area contributed by atoms with Crippen molar-refractivity contribution >= 4 is 22.6 Å². The van der Waals surface area contributed by atoms with Crippen LogP contribution in [0.15, 0.2) is 12.2 Å². The third kappa shape index (κ3) is 2.42. The molecule has 1 unspecified atom stereocenters. The highest BCUT2D eigenvalue weighted by molar-refractivity contribution is 14.1. The Balaban J connectivity index is 2.57. The molecule has 0 fully saturated rings. The Morgan fingerprint density at radius 2 is 2.45 bits per heavy atom. The summed E-state index contributed by atoms with van der Waals surface area (Å²) < 4.78 is 11.8. The van der Waals surface area contributed by atoms with Gasteiger partial charge in [0.2, 0.25) is 0 Å². The quantitative estimate of drug-likeness (QED) is 0.434. The van der Waals surface area contributed by atoms with Crippen molar-refractivity contribution in [2.75, 3.05) is 18.1 Å². The zero-order valence-corrected chi connectivity index (χ0v) is 8.84. The maximum Gasteiger partial charge on any atom is 0.180 e. The molecular weight excluding hydrogens is 255 g/mol. The van der Waals surface area contributed by atoms with E-state index in [1.54, 1.807) is 7.11 Å². The molecule has 0 amide bonds. The van der Waals surface area contributed by atoms with E-state index in [-0.39, 0.29) is 5.79 Å². The number of methoxy groups -OCH3 is 1. The van der Waals surface area contributed by atoms with Crippen molar-refractivity contribution in [1.29, 1.82) is 0 Å². The first kappa shape index (κ1) is 9.48. The van der Waals surface area contributed by atoms with Gasteiger partial charge in [-0.05, 0) is 6.42 Å². The number of ether oxygens (including phenoxy) is 2. The molecule has 0 saturated heterocycles. The second kappa shape index (κ2) is 4.42. The Morgan fingerprint density at radius 3 is 3.09 bits per heavy atom. The van der Waals surface area contributed by atoms with E-state index in [0.29, 0.717) is 0 Å². The number of hydrogen-bond acceptors (Lipinski definition) is 2. The fourth-order valence-corrected chi connectivity index (χ4v) is 1.89. The third-order valence-electron chi connectivity index (χ3n) is 1.82. The van der Waals surface area contributed by atoms with Gasteiger partial charge in [0.15, 0.2) is 5.79 Å². The second-order valence-corrected chi connectivity index (χ2v) is 3.32. The van der Waals surface area contributed by atoms with E-state index in [2.05, 4.69) is 34.7 Å². The van der Waals surface area contributed by atoms with Gasteiger partial charge in [0.25, 0.3) is 0 Å². The predicted octanol–water partition coefficient (Wildman–Crippen LogP) is 2.13. The molecule has 0 aromatic carbocycles. The first-order valence-corrected chi connectivity index (χ1v) is 5.25. The monoisotopic (exact) mass is 268 g/mol. The van der Waals surface area contributed by atoms with Gasteiger partial charge in [-0.2, -0.15) is 0 Å². The topological polar surface area (TPSA) is 18.5 Å². The number of halogens is 1. The van der Waals surface area contributed by atoms with Gasteiger partial charge >= 0.3 is 0 Å².